The molecule has 1 saturated heterocycles. The second-order valence-electron chi connectivity index (χ2n) is 2.85. The van der Waals surface area contributed by atoms with Crippen molar-refractivity contribution in [1.29, 1.82) is 0 Å². The highest BCUT2D eigenvalue weighted by molar-refractivity contribution is 5.96. The van der Waals surface area contributed by atoms with Gasteiger partial charge in [-0.15, -0.1) is 6.42 Å². The van der Waals surface area contributed by atoms with Crippen LogP contribution in [0.25, 0.3) is 0 Å². The molecule has 1 aliphatic rings. The van der Waals surface area contributed by atoms with Crippen LogP contribution in [-0.4, -0.2) is 35.5 Å². The zero-order chi connectivity index (χ0) is 10.0. The Labute approximate surface area is 74.9 Å². The molecule has 0 aromatic rings. The Morgan fingerprint density at radius 3 is 2.69 bits per heavy atom. The molecular weight excluding hydrogens is 175 g/mol. The van der Waals surface area contributed by atoms with Crippen molar-refractivity contribution in [3.63, 3.8) is 0 Å². The molecule has 0 aromatic heterocycles. The maximum atomic E-state index is 12.8. The van der Waals surface area contributed by atoms with Crippen LogP contribution in [0.1, 0.15) is 6.42 Å². The summed E-state index contributed by atoms with van der Waals surface area (Å²) in [6, 6.07) is -0.890. The zero-order valence-electron chi connectivity index (χ0n) is 6.87. The number of likely N-dealkylation sites (tertiary alicyclic amines) is 1. The van der Waals surface area contributed by atoms with Gasteiger partial charge in [0.15, 0.2) is 0 Å². The van der Waals surface area contributed by atoms with E-state index in [2.05, 4.69) is 0 Å². The summed E-state index contributed by atoms with van der Waals surface area (Å²) in [6.07, 6.45) is 3.58. The van der Waals surface area contributed by atoms with Gasteiger partial charge in [-0.1, -0.05) is 0 Å². The van der Waals surface area contributed by atoms with Crippen molar-refractivity contribution >= 4 is 11.8 Å². The summed E-state index contributed by atoms with van der Waals surface area (Å²) < 4.78 is 12.8. The second-order valence-corrected chi connectivity index (χ2v) is 2.85. The Morgan fingerprint density at radius 1 is 1.62 bits per heavy atom. The van der Waals surface area contributed by atoms with Crippen LogP contribution in [0.5, 0.6) is 0 Å². The standard InChI is InChI=1S/C8H9FN2O2/c1-2-7(12)11-4-5(9)3-6(11)8(10)13/h1,5-6H,3-4H2,(H2,10,13)/t5-,6+/m1/s1. The number of carbonyl (C=O) groups excluding carboxylic acids is 2. The number of rotatable bonds is 1. The van der Waals surface area contributed by atoms with E-state index in [9.17, 15) is 14.0 Å². The predicted octanol–water partition coefficient (Wildman–Crippen LogP) is -0.956. The van der Waals surface area contributed by atoms with Crippen molar-refractivity contribution in [2.75, 3.05) is 6.54 Å². The summed E-state index contributed by atoms with van der Waals surface area (Å²) >= 11 is 0. The maximum absolute atomic E-state index is 12.8. The third-order valence-corrected chi connectivity index (χ3v) is 1.96. The van der Waals surface area contributed by atoms with E-state index in [4.69, 9.17) is 12.2 Å². The van der Waals surface area contributed by atoms with E-state index < -0.39 is 24.0 Å². The van der Waals surface area contributed by atoms with Crippen molar-refractivity contribution in [3.8, 4) is 12.3 Å². The lowest BCUT2D eigenvalue weighted by Crippen LogP contribution is -2.43. The summed E-state index contributed by atoms with van der Waals surface area (Å²) in [6.45, 7) is -0.142. The van der Waals surface area contributed by atoms with E-state index in [1.807, 2.05) is 5.92 Å². The largest absolute Gasteiger partial charge is 0.368 e. The minimum atomic E-state index is -1.21. The van der Waals surface area contributed by atoms with E-state index in [1.54, 1.807) is 0 Å². The smallest absolute Gasteiger partial charge is 0.298 e. The first-order valence-corrected chi connectivity index (χ1v) is 3.77. The number of primary amides is 1. The normalized spacial score (nSPS) is 26.9. The molecule has 4 nitrogen and oxygen atoms in total. The molecule has 0 aliphatic carbocycles. The Balaban J connectivity index is 2.79. The SMILES string of the molecule is C#CC(=O)N1C[C@H](F)C[C@H]1C(N)=O. The van der Waals surface area contributed by atoms with Crippen molar-refractivity contribution in [2.45, 2.75) is 18.6 Å². The molecule has 1 heterocycles. The molecule has 1 fully saturated rings. The lowest BCUT2D eigenvalue weighted by atomic mass is 10.2. The van der Waals surface area contributed by atoms with Crippen LogP contribution in [0, 0.1) is 12.3 Å². The van der Waals surface area contributed by atoms with Crippen molar-refractivity contribution in [1.82, 2.24) is 4.90 Å². The molecule has 0 saturated carbocycles. The number of halogens is 1. The molecular formula is C8H9FN2O2. The Bertz CT molecular complexity index is 284. The number of alkyl halides is 1. The highest BCUT2D eigenvalue weighted by atomic mass is 19.1. The van der Waals surface area contributed by atoms with Crippen LogP contribution >= 0.6 is 0 Å². The maximum Gasteiger partial charge on any atom is 0.298 e. The number of amides is 2. The quantitative estimate of drug-likeness (QED) is 0.534. The molecule has 0 unspecified atom stereocenters. The van der Waals surface area contributed by atoms with Crippen LogP contribution in [0.15, 0.2) is 0 Å². The molecule has 0 radical (unpaired) electrons. The molecule has 0 bridgehead atoms. The number of hydrogen-bond donors (Lipinski definition) is 1. The first-order valence-electron chi connectivity index (χ1n) is 3.77. The lowest BCUT2D eigenvalue weighted by Gasteiger charge is -2.18. The molecule has 1 aliphatic heterocycles. The summed E-state index contributed by atoms with van der Waals surface area (Å²) in [4.78, 5) is 22.8. The van der Waals surface area contributed by atoms with Gasteiger partial charge in [-0.25, -0.2) is 4.39 Å². The molecule has 5 heteroatoms. The van der Waals surface area contributed by atoms with Crippen LogP contribution in [0.4, 0.5) is 4.39 Å². The first kappa shape index (κ1) is 9.52. The third kappa shape index (κ3) is 1.78. The summed E-state index contributed by atoms with van der Waals surface area (Å²) in [7, 11) is 0. The van der Waals surface area contributed by atoms with Gasteiger partial charge in [0.05, 0.1) is 6.54 Å². The average molecular weight is 184 g/mol. The minimum absolute atomic E-state index is 0.0528. The molecule has 0 aromatic carbocycles. The molecule has 1 rings (SSSR count). The summed E-state index contributed by atoms with van der Waals surface area (Å²) in [5.41, 5.74) is 4.97. The van der Waals surface area contributed by atoms with Gasteiger partial charge in [-0.2, -0.15) is 0 Å². The van der Waals surface area contributed by atoms with E-state index in [0.29, 0.717) is 0 Å². The lowest BCUT2D eigenvalue weighted by molar-refractivity contribution is -0.132. The molecule has 13 heavy (non-hydrogen) atoms. The van der Waals surface area contributed by atoms with Gasteiger partial charge in [-0.05, 0) is 5.92 Å². The van der Waals surface area contributed by atoms with Crippen LogP contribution in [-0.2, 0) is 9.59 Å². The van der Waals surface area contributed by atoms with Gasteiger partial charge in [0.2, 0.25) is 5.91 Å². The number of terminal acetylenes is 1. The third-order valence-electron chi connectivity index (χ3n) is 1.96. The minimum Gasteiger partial charge on any atom is -0.368 e. The highest BCUT2D eigenvalue weighted by Crippen LogP contribution is 2.19. The van der Waals surface area contributed by atoms with Crippen LogP contribution < -0.4 is 5.73 Å². The van der Waals surface area contributed by atoms with E-state index in [1.165, 1.54) is 0 Å². The van der Waals surface area contributed by atoms with Crippen molar-refractivity contribution in [2.24, 2.45) is 5.73 Å². The molecule has 2 atom stereocenters. The predicted molar refractivity (Wildman–Crippen MR) is 43.0 cm³/mol. The fraction of sp³-hybridized carbons (Fsp3) is 0.500. The van der Waals surface area contributed by atoms with E-state index in [-0.39, 0.29) is 13.0 Å². The van der Waals surface area contributed by atoms with Crippen LogP contribution in [0.3, 0.4) is 0 Å². The average Bonchev–Trinajstić information content (AvgIpc) is 2.46. The Hall–Kier alpha value is -1.57. The fourth-order valence-electron chi connectivity index (χ4n) is 1.36. The number of nitrogens with zero attached hydrogens (tertiary/aromatic N) is 1. The van der Waals surface area contributed by atoms with Gasteiger partial charge in [0.25, 0.3) is 5.91 Å². The summed E-state index contributed by atoms with van der Waals surface area (Å²) in [5, 5.41) is 0. The highest BCUT2D eigenvalue weighted by Gasteiger charge is 2.37. The topological polar surface area (TPSA) is 63.4 Å². The number of hydrogen-bond acceptors (Lipinski definition) is 2. The molecule has 2 amide bonds. The first-order chi connectivity index (χ1) is 6.06. The number of nitrogens with two attached hydrogens (primary N) is 1. The van der Waals surface area contributed by atoms with Gasteiger partial charge in [-0.3, -0.25) is 9.59 Å². The molecule has 0 spiro atoms. The Kier molecular flexibility index (Phi) is 2.52. The van der Waals surface area contributed by atoms with E-state index >= 15 is 0 Å². The van der Waals surface area contributed by atoms with Gasteiger partial charge in [0.1, 0.15) is 12.2 Å². The van der Waals surface area contributed by atoms with Crippen LogP contribution in [0.2, 0.25) is 0 Å². The molecule has 70 valence electrons. The van der Waals surface area contributed by atoms with Gasteiger partial charge >= 0.3 is 0 Å². The molecule has 2 N–H and O–H groups in total. The Morgan fingerprint density at radius 2 is 2.23 bits per heavy atom. The van der Waals surface area contributed by atoms with E-state index in [0.717, 1.165) is 4.90 Å². The van der Waals surface area contributed by atoms with Crippen molar-refractivity contribution < 1.29 is 14.0 Å². The zero-order valence-corrected chi connectivity index (χ0v) is 6.87. The number of carbonyl (C=O) groups is 2. The second kappa shape index (κ2) is 3.44. The summed E-state index contributed by atoms with van der Waals surface area (Å²) in [5.74, 6) is 0.415. The monoisotopic (exact) mass is 184 g/mol. The van der Waals surface area contributed by atoms with Gasteiger partial charge in [0, 0.05) is 6.42 Å². The van der Waals surface area contributed by atoms with Gasteiger partial charge < -0.3 is 10.6 Å². The fourth-order valence-corrected chi connectivity index (χ4v) is 1.36. The van der Waals surface area contributed by atoms with Crippen molar-refractivity contribution in [3.05, 3.63) is 0 Å².